The van der Waals surface area contributed by atoms with Gasteiger partial charge in [0.05, 0.1) is 18.1 Å². The first-order valence-electron chi connectivity index (χ1n) is 12.0. The van der Waals surface area contributed by atoms with E-state index in [4.69, 9.17) is 9.47 Å². The maximum absolute atomic E-state index is 12.8. The summed E-state index contributed by atoms with van der Waals surface area (Å²) < 4.78 is 10.8. The van der Waals surface area contributed by atoms with Gasteiger partial charge in [-0.2, -0.15) is 0 Å². The van der Waals surface area contributed by atoms with Gasteiger partial charge in [-0.1, -0.05) is 44.2 Å². The van der Waals surface area contributed by atoms with Crippen LogP contribution in [0.5, 0.6) is 5.75 Å². The maximum Gasteiger partial charge on any atom is 0.294 e. The van der Waals surface area contributed by atoms with Gasteiger partial charge in [0.1, 0.15) is 12.3 Å². The Hall–Kier alpha value is -3.63. The number of amides is 4. The molecule has 2 aromatic rings. The zero-order chi connectivity index (χ0) is 26.4. The van der Waals surface area contributed by atoms with Gasteiger partial charge in [0.25, 0.3) is 17.1 Å². The first-order valence-corrected chi connectivity index (χ1v) is 12.9. The highest BCUT2D eigenvalue weighted by molar-refractivity contribution is 8.18. The van der Waals surface area contributed by atoms with E-state index in [1.165, 1.54) is 0 Å². The van der Waals surface area contributed by atoms with Gasteiger partial charge in [0, 0.05) is 18.8 Å². The van der Waals surface area contributed by atoms with Crippen molar-refractivity contribution in [2.45, 2.75) is 19.8 Å². The molecule has 2 aliphatic rings. The average molecular weight is 524 g/mol. The Balaban J connectivity index is 1.31. The Kier molecular flexibility index (Phi) is 8.62. The molecular weight excluding hydrogens is 494 g/mol. The van der Waals surface area contributed by atoms with Gasteiger partial charge in [-0.25, -0.2) is 0 Å². The van der Waals surface area contributed by atoms with Crippen LogP contribution in [0.15, 0.2) is 53.4 Å². The molecule has 0 unspecified atom stereocenters. The number of nitrogens with one attached hydrogen (secondary N) is 1. The molecule has 2 heterocycles. The van der Waals surface area contributed by atoms with Crippen molar-refractivity contribution in [2.24, 2.45) is 0 Å². The second kappa shape index (κ2) is 12.1. The number of carbonyl (C=O) groups excluding carboxylic acids is 4. The summed E-state index contributed by atoms with van der Waals surface area (Å²) in [6.07, 6.45) is 1.60. The van der Waals surface area contributed by atoms with Crippen molar-refractivity contribution in [3.05, 3.63) is 64.6 Å². The van der Waals surface area contributed by atoms with E-state index >= 15 is 0 Å². The molecule has 2 aliphatic heterocycles. The third-order valence-corrected chi connectivity index (χ3v) is 6.84. The molecule has 4 rings (SSSR count). The Morgan fingerprint density at radius 3 is 2.49 bits per heavy atom. The van der Waals surface area contributed by atoms with Crippen LogP contribution in [0.2, 0.25) is 0 Å². The lowest BCUT2D eigenvalue weighted by Crippen LogP contribution is -2.46. The zero-order valence-electron chi connectivity index (χ0n) is 20.8. The smallest absolute Gasteiger partial charge is 0.294 e. The summed E-state index contributed by atoms with van der Waals surface area (Å²) in [6, 6.07) is 14.5. The van der Waals surface area contributed by atoms with Crippen molar-refractivity contribution in [1.82, 2.24) is 9.80 Å². The van der Waals surface area contributed by atoms with Gasteiger partial charge in [-0.05, 0) is 53.1 Å². The number of rotatable bonds is 8. The first kappa shape index (κ1) is 26.4. The van der Waals surface area contributed by atoms with E-state index in [-0.39, 0.29) is 35.8 Å². The van der Waals surface area contributed by atoms with Gasteiger partial charge in [-0.15, -0.1) is 0 Å². The lowest BCUT2D eigenvalue weighted by molar-refractivity contribution is -0.139. The molecule has 194 valence electrons. The summed E-state index contributed by atoms with van der Waals surface area (Å²) >= 11 is 0.806. The molecule has 0 aromatic heterocycles. The predicted molar refractivity (Wildman–Crippen MR) is 141 cm³/mol. The van der Waals surface area contributed by atoms with Gasteiger partial charge >= 0.3 is 0 Å². The number of anilines is 1. The Bertz CT molecular complexity index is 1200. The molecule has 1 N–H and O–H groups in total. The molecule has 0 aliphatic carbocycles. The first-order chi connectivity index (χ1) is 17.8. The lowest BCUT2D eigenvalue weighted by atomic mass is 10.0. The number of carbonyl (C=O) groups is 4. The van der Waals surface area contributed by atoms with Crippen LogP contribution in [-0.4, -0.2) is 72.2 Å². The fourth-order valence-corrected chi connectivity index (χ4v) is 4.78. The SMILES string of the molecule is CC(C)c1ccccc1NC(=O)COc1ccc(/C=C2\SC(=O)N(CC(=O)N3CCOCC3)C2=O)cc1. The fourth-order valence-electron chi connectivity index (χ4n) is 3.95. The van der Waals surface area contributed by atoms with Gasteiger partial charge < -0.3 is 19.7 Å². The van der Waals surface area contributed by atoms with Crippen molar-refractivity contribution in [1.29, 1.82) is 0 Å². The minimum Gasteiger partial charge on any atom is -0.484 e. The number of hydrogen-bond donors (Lipinski definition) is 1. The summed E-state index contributed by atoms with van der Waals surface area (Å²) in [6.45, 7) is 5.50. The highest BCUT2D eigenvalue weighted by Gasteiger charge is 2.37. The molecule has 0 radical (unpaired) electrons. The third kappa shape index (κ3) is 6.78. The van der Waals surface area contributed by atoms with Crippen molar-refractivity contribution in [2.75, 3.05) is 44.8 Å². The summed E-state index contributed by atoms with van der Waals surface area (Å²) in [7, 11) is 0. The standard InChI is InChI=1S/C27H29N3O6S/c1-18(2)21-5-3-4-6-22(21)28-24(31)17-36-20-9-7-19(8-10-20)15-23-26(33)30(27(34)37-23)16-25(32)29-11-13-35-14-12-29/h3-10,15,18H,11-14,16-17H2,1-2H3,(H,28,31)/b23-15-. The number of para-hydroxylation sites is 1. The van der Waals surface area contributed by atoms with E-state index < -0.39 is 11.1 Å². The molecule has 4 amide bonds. The van der Waals surface area contributed by atoms with E-state index in [2.05, 4.69) is 19.2 Å². The third-order valence-electron chi connectivity index (χ3n) is 5.94. The highest BCUT2D eigenvalue weighted by atomic mass is 32.2. The molecule has 0 bridgehead atoms. The molecule has 0 atom stereocenters. The number of benzene rings is 2. The largest absolute Gasteiger partial charge is 0.484 e. The Morgan fingerprint density at radius 1 is 1.08 bits per heavy atom. The molecule has 10 heteroatoms. The molecule has 0 spiro atoms. The normalized spacial score (nSPS) is 17.0. The molecular formula is C27H29N3O6S. The van der Waals surface area contributed by atoms with Crippen molar-refractivity contribution >= 4 is 46.5 Å². The summed E-state index contributed by atoms with van der Waals surface area (Å²) in [5, 5.41) is 2.42. The summed E-state index contributed by atoms with van der Waals surface area (Å²) in [5.41, 5.74) is 2.50. The number of thioether (sulfide) groups is 1. The molecule has 2 aromatic carbocycles. The minimum absolute atomic E-state index is 0.151. The van der Waals surface area contributed by atoms with E-state index in [9.17, 15) is 19.2 Å². The van der Waals surface area contributed by atoms with Crippen LogP contribution in [0.25, 0.3) is 6.08 Å². The highest BCUT2D eigenvalue weighted by Crippen LogP contribution is 2.32. The maximum atomic E-state index is 12.8. The Labute approximate surface area is 219 Å². The average Bonchev–Trinajstić information content (AvgIpc) is 3.16. The quantitative estimate of drug-likeness (QED) is 0.526. The van der Waals surface area contributed by atoms with Gasteiger partial charge in [0.2, 0.25) is 5.91 Å². The van der Waals surface area contributed by atoms with Crippen LogP contribution in [0, 0.1) is 0 Å². The number of imide groups is 1. The van der Waals surface area contributed by atoms with E-state index in [0.717, 1.165) is 27.9 Å². The van der Waals surface area contributed by atoms with E-state index in [1.54, 1.807) is 35.2 Å². The fraction of sp³-hybridized carbons (Fsp3) is 0.333. The van der Waals surface area contributed by atoms with Gasteiger partial charge in [0.15, 0.2) is 6.61 Å². The van der Waals surface area contributed by atoms with E-state index in [0.29, 0.717) is 37.6 Å². The molecule has 9 nitrogen and oxygen atoms in total. The van der Waals surface area contributed by atoms with Crippen LogP contribution in [0.4, 0.5) is 10.5 Å². The van der Waals surface area contributed by atoms with Crippen LogP contribution >= 0.6 is 11.8 Å². The zero-order valence-corrected chi connectivity index (χ0v) is 21.6. The van der Waals surface area contributed by atoms with Crippen LogP contribution < -0.4 is 10.1 Å². The summed E-state index contributed by atoms with van der Waals surface area (Å²) in [4.78, 5) is 52.8. The number of nitrogens with zero attached hydrogens (tertiary/aromatic N) is 2. The Morgan fingerprint density at radius 2 is 1.78 bits per heavy atom. The van der Waals surface area contributed by atoms with Crippen molar-refractivity contribution < 1.29 is 28.7 Å². The van der Waals surface area contributed by atoms with Crippen LogP contribution in [0.3, 0.4) is 0 Å². The lowest BCUT2D eigenvalue weighted by Gasteiger charge is -2.28. The molecule has 37 heavy (non-hydrogen) atoms. The predicted octanol–water partition coefficient (Wildman–Crippen LogP) is 3.72. The monoisotopic (exact) mass is 523 g/mol. The van der Waals surface area contributed by atoms with E-state index in [1.807, 2.05) is 24.3 Å². The van der Waals surface area contributed by atoms with Crippen molar-refractivity contribution in [3.8, 4) is 5.75 Å². The molecule has 2 fully saturated rings. The number of ether oxygens (including phenoxy) is 2. The second-order valence-electron chi connectivity index (χ2n) is 8.91. The number of hydrogen-bond acceptors (Lipinski definition) is 7. The second-order valence-corrected chi connectivity index (χ2v) is 9.90. The van der Waals surface area contributed by atoms with Gasteiger partial charge in [-0.3, -0.25) is 24.1 Å². The molecule has 0 saturated carbocycles. The molecule has 2 saturated heterocycles. The van der Waals surface area contributed by atoms with Crippen LogP contribution in [-0.2, 0) is 19.1 Å². The minimum atomic E-state index is -0.490. The number of morpholine rings is 1. The summed E-state index contributed by atoms with van der Waals surface area (Å²) in [5.74, 6) is -0.261. The topological polar surface area (TPSA) is 105 Å². The van der Waals surface area contributed by atoms with Crippen LogP contribution in [0.1, 0.15) is 30.9 Å². The van der Waals surface area contributed by atoms with Crippen molar-refractivity contribution in [3.63, 3.8) is 0 Å².